The molecule has 0 radical (unpaired) electrons. The molecule has 60 valence electrons. The number of carbonyl (C=O) groups excluding carboxylic acids is 1. The first kappa shape index (κ1) is 9.63. The number of rotatable bonds is 4. The highest BCUT2D eigenvalue weighted by Gasteiger charge is 2.22. The molecule has 0 saturated carbocycles. The summed E-state index contributed by atoms with van der Waals surface area (Å²) in [7, 11) is 0. The van der Waals surface area contributed by atoms with Crippen LogP contribution in [0.2, 0.25) is 0 Å². The third-order valence-corrected chi connectivity index (χ3v) is 1.46. The zero-order chi connectivity index (χ0) is 8.20. The van der Waals surface area contributed by atoms with Crippen LogP contribution in [-0.4, -0.2) is 18.0 Å². The Labute approximate surface area is 62.6 Å². The number of aldehydes is 1. The van der Waals surface area contributed by atoms with Crippen LogP contribution in [0.25, 0.3) is 0 Å². The summed E-state index contributed by atoms with van der Waals surface area (Å²) in [6.45, 7) is 7.60. The molecule has 0 aromatic carbocycles. The second-order valence-electron chi connectivity index (χ2n) is 2.95. The van der Waals surface area contributed by atoms with E-state index < -0.39 is 5.60 Å². The van der Waals surface area contributed by atoms with Crippen molar-refractivity contribution in [2.75, 3.05) is 0 Å². The molecule has 0 fully saturated rings. The van der Waals surface area contributed by atoms with E-state index in [0.717, 1.165) is 12.7 Å². The molecule has 2 nitrogen and oxygen atoms in total. The van der Waals surface area contributed by atoms with Gasteiger partial charge in [0.1, 0.15) is 5.60 Å². The topological polar surface area (TPSA) is 26.3 Å². The van der Waals surface area contributed by atoms with Crippen molar-refractivity contribution in [3.05, 3.63) is 0 Å². The van der Waals surface area contributed by atoms with Gasteiger partial charge in [-0.1, -0.05) is 6.92 Å². The van der Waals surface area contributed by atoms with E-state index >= 15 is 0 Å². The van der Waals surface area contributed by atoms with Gasteiger partial charge in [-0.25, -0.2) is 0 Å². The van der Waals surface area contributed by atoms with Gasteiger partial charge in [0.15, 0.2) is 6.29 Å². The SMILES string of the molecule is CCC(C)(C=O)OC(C)C. The van der Waals surface area contributed by atoms with Gasteiger partial charge < -0.3 is 9.53 Å². The summed E-state index contributed by atoms with van der Waals surface area (Å²) in [5, 5.41) is 0. The monoisotopic (exact) mass is 144 g/mol. The molecule has 0 aromatic rings. The molecule has 0 aromatic heterocycles. The van der Waals surface area contributed by atoms with Crippen LogP contribution in [0.1, 0.15) is 34.1 Å². The first-order chi connectivity index (χ1) is 4.54. The molecule has 0 saturated heterocycles. The molecule has 0 rings (SSSR count). The molecule has 2 heteroatoms. The highest BCUT2D eigenvalue weighted by atomic mass is 16.5. The van der Waals surface area contributed by atoms with Gasteiger partial charge >= 0.3 is 0 Å². The molecular formula is C8H16O2. The lowest BCUT2D eigenvalue weighted by Crippen LogP contribution is -2.32. The van der Waals surface area contributed by atoms with E-state index in [4.69, 9.17) is 4.74 Å². The van der Waals surface area contributed by atoms with Crippen molar-refractivity contribution in [2.45, 2.75) is 45.8 Å². The highest BCUT2D eigenvalue weighted by molar-refractivity contribution is 5.61. The van der Waals surface area contributed by atoms with Crippen LogP contribution in [0, 0.1) is 0 Å². The van der Waals surface area contributed by atoms with E-state index in [1.165, 1.54) is 0 Å². The van der Waals surface area contributed by atoms with Gasteiger partial charge in [0, 0.05) is 0 Å². The van der Waals surface area contributed by atoms with Gasteiger partial charge in [-0.15, -0.1) is 0 Å². The molecule has 0 N–H and O–H groups in total. The lowest BCUT2D eigenvalue weighted by molar-refractivity contribution is -0.135. The van der Waals surface area contributed by atoms with E-state index in [0.29, 0.717) is 0 Å². The summed E-state index contributed by atoms with van der Waals surface area (Å²) in [5.41, 5.74) is -0.575. The van der Waals surface area contributed by atoms with Crippen LogP contribution < -0.4 is 0 Å². The van der Waals surface area contributed by atoms with Crippen LogP contribution in [0.3, 0.4) is 0 Å². The third kappa shape index (κ3) is 2.97. The van der Waals surface area contributed by atoms with Crippen molar-refractivity contribution in [3.63, 3.8) is 0 Å². The highest BCUT2D eigenvalue weighted by Crippen LogP contribution is 2.13. The van der Waals surface area contributed by atoms with Gasteiger partial charge in [0.05, 0.1) is 6.10 Å². The molecule has 1 unspecified atom stereocenters. The first-order valence-corrected chi connectivity index (χ1v) is 3.68. The van der Waals surface area contributed by atoms with Crippen LogP contribution >= 0.6 is 0 Å². The van der Waals surface area contributed by atoms with Crippen LogP contribution in [-0.2, 0) is 9.53 Å². The van der Waals surface area contributed by atoms with Gasteiger partial charge in [0.2, 0.25) is 0 Å². The summed E-state index contributed by atoms with van der Waals surface area (Å²) in [6, 6.07) is 0. The fraction of sp³-hybridized carbons (Fsp3) is 0.875. The molecule has 0 bridgehead atoms. The Morgan fingerprint density at radius 2 is 2.10 bits per heavy atom. The van der Waals surface area contributed by atoms with E-state index in [1.807, 2.05) is 20.8 Å². The molecule has 1 atom stereocenters. The second kappa shape index (κ2) is 3.71. The van der Waals surface area contributed by atoms with Crippen molar-refractivity contribution in [1.82, 2.24) is 0 Å². The lowest BCUT2D eigenvalue weighted by Gasteiger charge is -2.24. The number of ether oxygens (including phenoxy) is 1. The first-order valence-electron chi connectivity index (χ1n) is 3.68. The molecule has 0 spiro atoms. The summed E-state index contributed by atoms with van der Waals surface area (Å²) in [4.78, 5) is 10.5. The van der Waals surface area contributed by atoms with Gasteiger partial charge in [-0.2, -0.15) is 0 Å². The molecule has 0 aliphatic carbocycles. The minimum absolute atomic E-state index is 0.121. The van der Waals surface area contributed by atoms with Crippen LogP contribution in [0.4, 0.5) is 0 Å². The molecule has 0 heterocycles. The van der Waals surface area contributed by atoms with Crippen molar-refractivity contribution >= 4 is 6.29 Å². The van der Waals surface area contributed by atoms with Crippen molar-refractivity contribution in [2.24, 2.45) is 0 Å². The van der Waals surface area contributed by atoms with Crippen molar-refractivity contribution in [3.8, 4) is 0 Å². The van der Waals surface area contributed by atoms with E-state index in [2.05, 4.69) is 0 Å². The Kier molecular flexibility index (Phi) is 3.58. The molecular weight excluding hydrogens is 128 g/mol. The average molecular weight is 144 g/mol. The normalized spacial score (nSPS) is 16.9. The minimum Gasteiger partial charge on any atom is -0.365 e. The zero-order valence-electron chi connectivity index (χ0n) is 7.18. The quantitative estimate of drug-likeness (QED) is 0.562. The van der Waals surface area contributed by atoms with Gasteiger partial charge in [-0.3, -0.25) is 0 Å². The van der Waals surface area contributed by atoms with Crippen LogP contribution in [0.15, 0.2) is 0 Å². The summed E-state index contributed by atoms with van der Waals surface area (Å²) >= 11 is 0. The fourth-order valence-corrected chi connectivity index (χ4v) is 0.733. The second-order valence-corrected chi connectivity index (χ2v) is 2.95. The number of carbonyl (C=O) groups is 1. The number of hydrogen-bond acceptors (Lipinski definition) is 2. The summed E-state index contributed by atoms with van der Waals surface area (Å²) < 4.78 is 5.37. The van der Waals surface area contributed by atoms with Crippen molar-refractivity contribution in [1.29, 1.82) is 0 Å². The van der Waals surface area contributed by atoms with E-state index in [-0.39, 0.29) is 6.10 Å². The number of hydrogen-bond donors (Lipinski definition) is 0. The molecule has 0 aliphatic rings. The van der Waals surface area contributed by atoms with Gasteiger partial charge in [-0.05, 0) is 27.2 Å². The third-order valence-electron chi connectivity index (χ3n) is 1.46. The summed E-state index contributed by atoms with van der Waals surface area (Å²) in [6.07, 6.45) is 1.72. The predicted molar refractivity (Wildman–Crippen MR) is 41.0 cm³/mol. The largest absolute Gasteiger partial charge is 0.365 e. The predicted octanol–water partition coefficient (Wildman–Crippen LogP) is 1.78. The standard InChI is InChI=1S/C8H16O2/c1-5-8(4,6-9)10-7(2)3/h6-7H,5H2,1-4H3. The fourth-order valence-electron chi connectivity index (χ4n) is 0.733. The Hall–Kier alpha value is -0.370. The summed E-state index contributed by atoms with van der Waals surface area (Å²) in [5.74, 6) is 0. The Bertz CT molecular complexity index is 110. The molecule has 10 heavy (non-hydrogen) atoms. The minimum atomic E-state index is -0.575. The maximum Gasteiger partial charge on any atom is 0.151 e. The zero-order valence-corrected chi connectivity index (χ0v) is 7.18. The lowest BCUT2D eigenvalue weighted by atomic mass is 10.1. The maximum absolute atomic E-state index is 10.5. The Balaban J connectivity index is 3.92. The Morgan fingerprint density at radius 1 is 1.60 bits per heavy atom. The molecule has 0 amide bonds. The van der Waals surface area contributed by atoms with E-state index in [1.54, 1.807) is 6.92 Å². The molecule has 0 aliphatic heterocycles. The van der Waals surface area contributed by atoms with E-state index in [9.17, 15) is 4.79 Å². The van der Waals surface area contributed by atoms with Crippen LogP contribution in [0.5, 0.6) is 0 Å². The smallest absolute Gasteiger partial charge is 0.151 e. The van der Waals surface area contributed by atoms with Crippen molar-refractivity contribution < 1.29 is 9.53 Å². The van der Waals surface area contributed by atoms with Gasteiger partial charge in [0.25, 0.3) is 0 Å². The average Bonchev–Trinajstić information content (AvgIpc) is 1.87. The Morgan fingerprint density at radius 3 is 2.20 bits per heavy atom. The maximum atomic E-state index is 10.5.